The van der Waals surface area contributed by atoms with Crippen molar-refractivity contribution < 1.29 is 9.21 Å². The van der Waals surface area contributed by atoms with E-state index in [9.17, 15) is 4.79 Å². The summed E-state index contributed by atoms with van der Waals surface area (Å²) in [7, 11) is 3.98. The highest BCUT2D eigenvalue weighted by Gasteiger charge is 2.30. The van der Waals surface area contributed by atoms with Crippen LogP contribution < -0.4 is 11.1 Å². The predicted octanol–water partition coefficient (Wildman–Crippen LogP) is 1.76. The zero-order valence-corrected chi connectivity index (χ0v) is 13.0. The van der Waals surface area contributed by atoms with Crippen LogP contribution in [0.4, 0.5) is 0 Å². The van der Waals surface area contributed by atoms with Crippen LogP contribution in [0.1, 0.15) is 37.5 Å². The molecule has 1 saturated carbocycles. The van der Waals surface area contributed by atoms with Gasteiger partial charge in [-0.25, -0.2) is 0 Å². The van der Waals surface area contributed by atoms with Crippen molar-refractivity contribution >= 4 is 5.91 Å². The summed E-state index contributed by atoms with van der Waals surface area (Å²) in [6.07, 6.45) is 6.02. The number of furan rings is 1. The van der Waals surface area contributed by atoms with Gasteiger partial charge < -0.3 is 15.5 Å². The first kappa shape index (κ1) is 16.0. The van der Waals surface area contributed by atoms with Gasteiger partial charge in [-0.3, -0.25) is 9.69 Å². The second-order valence-electron chi connectivity index (χ2n) is 6.13. The third-order valence-electron chi connectivity index (χ3n) is 4.51. The fourth-order valence-corrected chi connectivity index (χ4v) is 3.18. The normalized spacial score (nSPS) is 24.0. The van der Waals surface area contributed by atoms with Gasteiger partial charge in [0.25, 0.3) is 0 Å². The highest BCUT2D eigenvalue weighted by atomic mass is 16.3. The molecule has 5 heteroatoms. The van der Waals surface area contributed by atoms with Gasteiger partial charge >= 0.3 is 0 Å². The number of hydrogen-bond donors (Lipinski definition) is 2. The molecule has 0 bridgehead atoms. The maximum Gasteiger partial charge on any atom is 0.223 e. The lowest BCUT2D eigenvalue weighted by molar-refractivity contribution is -0.127. The fourth-order valence-electron chi connectivity index (χ4n) is 3.18. The van der Waals surface area contributed by atoms with E-state index in [2.05, 4.69) is 10.2 Å². The first-order valence-electron chi connectivity index (χ1n) is 7.81. The number of nitrogens with one attached hydrogen (secondary N) is 1. The Balaban J connectivity index is 1.92. The van der Waals surface area contributed by atoms with Gasteiger partial charge in [0.1, 0.15) is 5.76 Å². The van der Waals surface area contributed by atoms with Crippen LogP contribution in [-0.2, 0) is 4.79 Å². The van der Waals surface area contributed by atoms with Gasteiger partial charge in [-0.15, -0.1) is 0 Å². The molecule has 3 atom stereocenters. The van der Waals surface area contributed by atoms with Crippen molar-refractivity contribution in [2.45, 2.75) is 31.7 Å². The van der Waals surface area contributed by atoms with Crippen molar-refractivity contribution in [1.82, 2.24) is 10.2 Å². The smallest absolute Gasteiger partial charge is 0.223 e. The lowest BCUT2D eigenvalue weighted by Gasteiger charge is -2.30. The molecule has 5 nitrogen and oxygen atoms in total. The van der Waals surface area contributed by atoms with E-state index in [1.54, 1.807) is 6.26 Å². The molecule has 2 rings (SSSR count). The lowest BCUT2D eigenvalue weighted by Crippen LogP contribution is -2.42. The standard InChI is InChI=1S/C16H27N3O2/c1-19(2)14(15-8-5-9-21-15)11-18-16(20)13-7-4-3-6-12(13)10-17/h5,8-9,12-14H,3-4,6-7,10-11,17H2,1-2H3,(H,18,20). The molecule has 1 aliphatic carbocycles. The van der Waals surface area contributed by atoms with E-state index in [1.165, 1.54) is 6.42 Å². The molecule has 0 aliphatic heterocycles. The number of likely N-dealkylation sites (N-methyl/N-ethyl adjacent to an activating group) is 1. The SMILES string of the molecule is CN(C)C(CNC(=O)C1CCCCC1CN)c1ccco1. The molecule has 1 amide bonds. The number of carbonyl (C=O) groups is 1. The van der Waals surface area contributed by atoms with Gasteiger partial charge in [-0.05, 0) is 51.5 Å². The van der Waals surface area contributed by atoms with Gasteiger partial charge in [0.15, 0.2) is 0 Å². The molecule has 0 aromatic carbocycles. The third-order valence-corrected chi connectivity index (χ3v) is 4.51. The molecule has 0 radical (unpaired) electrons. The number of amides is 1. The molecule has 1 aromatic heterocycles. The van der Waals surface area contributed by atoms with Gasteiger partial charge in [0.05, 0.1) is 12.3 Å². The van der Waals surface area contributed by atoms with Crippen LogP contribution in [0.25, 0.3) is 0 Å². The van der Waals surface area contributed by atoms with Crippen molar-refractivity contribution in [2.75, 3.05) is 27.2 Å². The minimum Gasteiger partial charge on any atom is -0.468 e. The van der Waals surface area contributed by atoms with E-state index in [0.29, 0.717) is 19.0 Å². The second-order valence-corrected chi connectivity index (χ2v) is 6.13. The van der Waals surface area contributed by atoms with E-state index >= 15 is 0 Å². The molecule has 21 heavy (non-hydrogen) atoms. The number of nitrogens with two attached hydrogens (primary N) is 1. The van der Waals surface area contributed by atoms with Crippen LogP contribution in [0.3, 0.4) is 0 Å². The maximum absolute atomic E-state index is 12.4. The Kier molecular flexibility index (Phi) is 5.82. The highest BCUT2D eigenvalue weighted by Crippen LogP contribution is 2.29. The van der Waals surface area contributed by atoms with Crippen LogP contribution in [0.2, 0.25) is 0 Å². The van der Waals surface area contributed by atoms with Gasteiger partial charge in [0, 0.05) is 12.5 Å². The quantitative estimate of drug-likeness (QED) is 0.838. The summed E-state index contributed by atoms with van der Waals surface area (Å²) in [5.41, 5.74) is 5.81. The molecular weight excluding hydrogens is 266 g/mol. The minimum absolute atomic E-state index is 0.0591. The number of rotatable bonds is 6. The fraction of sp³-hybridized carbons (Fsp3) is 0.688. The lowest BCUT2D eigenvalue weighted by atomic mass is 9.78. The highest BCUT2D eigenvalue weighted by molar-refractivity contribution is 5.79. The molecule has 118 valence electrons. The molecule has 1 fully saturated rings. The summed E-state index contributed by atoms with van der Waals surface area (Å²) < 4.78 is 5.46. The Morgan fingerprint density at radius 2 is 2.24 bits per heavy atom. The molecule has 1 heterocycles. The summed E-state index contributed by atoms with van der Waals surface area (Å²) in [4.78, 5) is 14.5. The minimum atomic E-state index is 0.0591. The summed E-state index contributed by atoms with van der Waals surface area (Å²) in [5.74, 6) is 1.42. The Morgan fingerprint density at radius 3 is 2.86 bits per heavy atom. The van der Waals surface area contributed by atoms with E-state index < -0.39 is 0 Å². The monoisotopic (exact) mass is 293 g/mol. The first-order valence-corrected chi connectivity index (χ1v) is 7.81. The summed E-state index contributed by atoms with van der Waals surface area (Å²) in [5, 5.41) is 3.09. The van der Waals surface area contributed by atoms with Crippen LogP contribution in [-0.4, -0.2) is 38.0 Å². The molecule has 1 aliphatic rings. The van der Waals surface area contributed by atoms with Gasteiger partial charge in [0.2, 0.25) is 5.91 Å². The first-order chi connectivity index (χ1) is 10.1. The van der Waals surface area contributed by atoms with Crippen molar-refractivity contribution in [2.24, 2.45) is 17.6 Å². The Hall–Kier alpha value is -1.33. The zero-order chi connectivity index (χ0) is 15.2. The molecule has 3 N–H and O–H groups in total. The van der Waals surface area contributed by atoms with Crippen molar-refractivity contribution in [3.63, 3.8) is 0 Å². The zero-order valence-electron chi connectivity index (χ0n) is 13.0. The molecule has 1 aromatic rings. The van der Waals surface area contributed by atoms with E-state index in [0.717, 1.165) is 25.0 Å². The van der Waals surface area contributed by atoms with Crippen molar-refractivity contribution in [3.05, 3.63) is 24.2 Å². The third kappa shape index (κ3) is 4.08. The van der Waals surface area contributed by atoms with Crippen molar-refractivity contribution in [3.8, 4) is 0 Å². The van der Waals surface area contributed by atoms with E-state index in [4.69, 9.17) is 10.2 Å². The van der Waals surface area contributed by atoms with Gasteiger partial charge in [-0.2, -0.15) is 0 Å². The van der Waals surface area contributed by atoms with Crippen LogP contribution in [0.5, 0.6) is 0 Å². The van der Waals surface area contributed by atoms with Crippen LogP contribution in [0, 0.1) is 11.8 Å². The summed E-state index contributed by atoms with van der Waals surface area (Å²) >= 11 is 0. The average Bonchev–Trinajstić information content (AvgIpc) is 3.01. The predicted molar refractivity (Wildman–Crippen MR) is 82.6 cm³/mol. The van der Waals surface area contributed by atoms with E-state index in [-0.39, 0.29) is 17.9 Å². The van der Waals surface area contributed by atoms with Crippen LogP contribution in [0.15, 0.2) is 22.8 Å². The molecular formula is C16H27N3O2. The number of hydrogen-bond acceptors (Lipinski definition) is 4. The summed E-state index contributed by atoms with van der Waals surface area (Å²) in [6, 6.07) is 3.88. The van der Waals surface area contributed by atoms with Crippen molar-refractivity contribution in [1.29, 1.82) is 0 Å². The largest absolute Gasteiger partial charge is 0.468 e. The number of carbonyl (C=O) groups excluding carboxylic acids is 1. The van der Waals surface area contributed by atoms with E-state index in [1.807, 2.05) is 26.2 Å². The molecule has 0 spiro atoms. The maximum atomic E-state index is 12.4. The Morgan fingerprint density at radius 1 is 1.48 bits per heavy atom. The van der Waals surface area contributed by atoms with Crippen LogP contribution >= 0.6 is 0 Å². The number of nitrogens with zero attached hydrogens (tertiary/aromatic N) is 1. The van der Waals surface area contributed by atoms with Gasteiger partial charge in [-0.1, -0.05) is 12.8 Å². The topological polar surface area (TPSA) is 71.5 Å². The summed E-state index contributed by atoms with van der Waals surface area (Å²) in [6.45, 7) is 1.17. The Bertz CT molecular complexity index is 431. The second kappa shape index (κ2) is 7.61. The molecule has 0 saturated heterocycles. The Labute approximate surface area is 126 Å². The average molecular weight is 293 g/mol. The molecule has 3 unspecified atom stereocenters.